The minimum Gasteiger partial charge on any atom is -0.449 e. The van der Waals surface area contributed by atoms with E-state index < -0.39 is 12.2 Å². The molecule has 0 aliphatic carbocycles. The van der Waals surface area contributed by atoms with E-state index in [0.717, 1.165) is 5.01 Å². The van der Waals surface area contributed by atoms with Gasteiger partial charge in [0.1, 0.15) is 6.61 Å². The van der Waals surface area contributed by atoms with Gasteiger partial charge in [-0.1, -0.05) is 6.08 Å². The molecule has 0 bridgehead atoms. The van der Waals surface area contributed by atoms with Gasteiger partial charge in [0, 0.05) is 0 Å². The molecule has 2 amide bonds. The molecule has 1 heterocycles. The molecule has 6 nitrogen and oxygen atoms in total. The molecule has 1 atom stereocenters. The van der Waals surface area contributed by atoms with Crippen molar-refractivity contribution in [2.75, 3.05) is 13.2 Å². The van der Waals surface area contributed by atoms with Crippen molar-refractivity contribution >= 4 is 12.2 Å². The first-order valence-electron chi connectivity index (χ1n) is 4.69. The van der Waals surface area contributed by atoms with Crippen molar-refractivity contribution in [3.8, 4) is 0 Å². The monoisotopic (exact) mass is 214 g/mol. The van der Waals surface area contributed by atoms with E-state index in [1.807, 2.05) is 0 Å². The summed E-state index contributed by atoms with van der Waals surface area (Å²) in [5.41, 5.74) is 2.31. The zero-order valence-corrected chi connectivity index (χ0v) is 8.56. The Morgan fingerprint density at radius 3 is 3.20 bits per heavy atom. The van der Waals surface area contributed by atoms with Crippen molar-refractivity contribution < 1.29 is 19.1 Å². The highest BCUT2D eigenvalue weighted by atomic mass is 16.6. The maximum atomic E-state index is 11.2. The zero-order chi connectivity index (χ0) is 11.3. The van der Waals surface area contributed by atoms with Crippen LogP contribution in [0.2, 0.25) is 0 Å². The largest absolute Gasteiger partial charge is 0.449 e. The molecule has 0 unspecified atom stereocenters. The van der Waals surface area contributed by atoms with Crippen LogP contribution in [0.3, 0.4) is 0 Å². The number of carbonyl (C=O) groups is 2. The Balaban J connectivity index is 2.52. The lowest BCUT2D eigenvalue weighted by Gasteiger charge is -2.19. The first-order valence-corrected chi connectivity index (χ1v) is 4.69. The molecule has 1 saturated heterocycles. The van der Waals surface area contributed by atoms with Crippen molar-refractivity contribution in [3.05, 3.63) is 12.7 Å². The molecule has 1 fully saturated rings. The lowest BCUT2D eigenvalue weighted by Crippen LogP contribution is -2.47. The van der Waals surface area contributed by atoms with Crippen molar-refractivity contribution in [1.82, 2.24) is 10.4 Å². The fraction of sp³-hybridized carbons (Fsp3) is 0.556. The highest BCUT2D eigenvalue weighted by Gasteiger charge is 2.33. The van der Waals surface area contributed by atoms with Crippen LogP contribution in [0.25, 0.3) is 0 Å². The highest BCUT2D eigenvalue weighted by molar-refractivity contribution is 5.75. The Morgan fingerprint density at radius 1 is 1.87 bits per heavy atom. The fourth-order valence-corrected chi connectivity index (χ4v) is 1.23. The van der Waals surface area contributed by atoms with E-state index in [4.69, 9.17) is 4.74 Å². The lowest BCUT2D eigenvalue weighted by atomic mass is 10.2. The molecule has 0 saturated carbocycles. The van der Waals surface area contributed by atoms with Crippen LogP contribution in [0.4, 0.5) is 9.59 Å². The van der Waals surface area contributed by atoms with E-state index in [2.05, 4.69) is 16.7 Å². The molecule has 0 radical (unpaired) electrons. The average Bonchev–Trinajstić information content (AvgIpc) is 2.51. The van der Waals surface area contributed by atoms with Gasteiger partial charge in [0.2, 0.25) is 0 Å². The molecule has 1 N–H and O–H groups in total. The van der Waals surface area contributed by atoms with Crippen LogP contribution in [0.1, 0.15) is 13.3 Å². The second kappa shape index (κ2) is 5.23. The lowest BCUT2D eigenvalue weighted by molar-refractivity contribution is 0.107. The van der Waals surface area contributed by atoms with E-state index in [1.165, 1.54) is 0 Å². The topological polar surface area (TPSA) is 67.9 Å². The quantitative estimate of drug-likeness (QED) is 0.710. The second-order valence-electron chi connectivity index (χ2n) is 2.96. The molecule has 6 heteroatoms. The Kier molecular flexibility index (Phi) is 3.96. The molecule has 15 heavy (non-hydrogen) atoms. The van der Waals surface area contributed by atoms with Crippen LogP contribution in [0, 0.1) is 0 Å². The SMILES string of the molecule is C=CC[C@H]1COC(=O)N1NC(=O)OCC. The summed E-state index contributed by atoms with van der Waals surface area (Å²) in [6.45, 7) is 5.74. The molecule has 1 aliphatic rings. The van der Waals surface area contributed by atoms with Crippen LogP contribution < -0.4 is 5.43 Å². The predicted molar refractivity (Wildman–Crippen MR) is 51.9 cm³/mol. The van der Waals surface area contributed by atoms with Gasteiger partial charge in [0.15, 0.2) is 0 Å². The van der Waals surface area contributed by atoms with Crippen molar-refractivity contribution in [2.45, 2.75) is 19.4 Å². The summed E-state index contributed by atoms with van der Waals surface area (Å²) in [6, 6.07) is -0.209. The highest BCUT2D eigenvalue weighted by Crippen LogP contribution is 2.12. The van der Waals surface area contributed by atoms with Crippen molar-refractivity contribution in [2.24, 2.45) is 0 Å². The number of hydrazine groups is 1. The Bertz CT molecular complexity index is 267. The first kappa shape index (κ1) is 11.4. The van der Waals surface area contributed by atoms with Crippen LogP contribution in [0.5, 0.6) is 0 Å². The third-order valence-electron chi connectivity index (χ3n) is 1.89. The molecule has 0 aromatic rings. The van der Waals surface area contributed by atoms with Crippen LogP contribution in [-0.2, 0) is 9.47 Å². The van der Waals surface area contributed by atoms with E-state index in [1.54, 1.807) is 13.0 Å². The molecule has 84 valence electrons. The minimum atomic E-state index is -0.662. The number of rotatable bonds is 4. The molecule has 1 aliphatic heterocycles. The number of nitrogens with zero attached hydrogens (tertiary/aromatic N) is 1. The number of ether oxygens (including phenoxy) is 2. The third-order valence-corrected chi connectivity index (χ3v) is 1.89. The van der Waals surface area contributed by atoms with E-state index in [0.29, 0.717) is 6.42 Å². The minimum absolute atomic E-state index is 0.209. The molecule has 1 rings (SSSR count). The number of nitrogens with one attached hydrogen (secondary N) is 1. The number of hydrogen-bond donors (Lipinski definition) is 1. The van der Waals surface area contributed by atoms with Crippen molar-refractivity contribution in [3.63, 3.8) is 0 Å². The maximum Gasteiger partial charge on any atom is 0.429 e. The van der Waals surface area contributed by atoms with Gasteiger partial charge in [0.05, 0.1) is 12.6 Å². The van der Waals surface area contributed by atoms with E-state index in [9.17, 15) is 9.59 Å². The van der Waals surface area contributed by atoms with Crippen LogP contribution >= 0.6 is 0 Å². The van der Waals surface area contributed by atoms with Crippen LogP contribution in [0.15, 0.2) is 12.7 Å². The van der Waals surface area contributed by atoms with Gasteiger partial charge in [-0.25, -0.2) is 20.0 Å². The molecular weight excluding hydrogens is 200 g/mol. The summed E-state index contributed by atoms with van der Waals surface area (Å²) >= 11 is 0. The zero-order valence-electron chi connectivity index (χ0n) is 8.56. The smallest absolute Gasteiger partial charge is 0.429 e. The second-order valence-corrected chi connectivity index (χ2v) is 2.96. The van der Waals surface area contributed by atoms with Crippen LogP contribution in [-0.4, -0.2) is 36.5 Å². The number of carbonyl (C=O) groups excluding carboxylic acids is 2. The Labute approximate surface area is 87.8 Å². The Morgan fingerprint density at radius 2 is 2.60 bits per heavy atom. The van der Waals surface area contributed by atoms with Gasteiger partial charge in [-0.15, -0.1) is 6.58 Å². The van der Waals surface area contributed by atoms with E-state index >= 15 is 0 Å². The average molecular weight is 214 g/mol. The molecule has 0 spiro atoms. The van der Waals surface area contributed by atoms with Gasteiger partial charge in [-0.2, -0.15) is 0 Å². The van der Waals surface area contributed by atoms with E-state index in [-0.39, 0.29) is 19.3 Å². The summed E-state index contributed by atoms with van der Waals surface area (Å²) in [6.07, 6.45) is 0.977. The third kappa shape index (κ3) is 2.87. The summed E-state index contributed by atoms with van der Waals surface area (Å²) in [4.78, 5) is 22.3. The number of hydrogen-bond acceptors (Lipinski definition) is 4. The summed E-state index contributed by atoms with van der Waals surface area (Å²) in [5.74, 6) is 0. The number of amides is 2. The van der Waals surface area contributed by atoms with Gasteiger partial charge in [-0.3, -0.25) is 0 Å². The molecule has 0 aromatic carbocycles. The van der Waals surface area contributed by atoms with Crippen molar-refractivity contribution in [1.29, 1.82) is 0 Å². The summed E-state index contributed by atoms with van der Waals surface area (Å²) in [5, 5.41) is 1.12. The van der Waals surface area contributed by atoms with Gasteiger partial charge < -0.3 is 9.47 Å². The molecular formula is C9H14N2O4. The van der Waals surface area contributed by atoms with Gasteiger partial charge in [-0.05, 0) is 13.3 Å². The van der Waals surface area contributed by atoms with Gasteiger partial charge in [0.25, 0.3) is 0 Å². The normalized spacial score (nSPS) is 19.7. The summed E-state index contributed by atoms with van der Waals surface area (Å²) < 4.78 is 9.43. The first-order chi connectivity index (χ1) is 7.19. The fourth-order valence-electron chi connectivity index (χ4n) is 1.23. The number of cyclic esters (lactones) is 1. The summed E-state index contributed by atoms with van der Waals surface area (Å²) in [7, 11) is 0. The maximum absolute atomic E-state index is 11.2. The molecule has 0 aromatic heterocycles. The van der Waals surface area contributed by atoms with Gasteiger partial charge >= 0.3 is 12.2 Å². The predicted octanol–water partition coefficient (Wildman–Crippen LogP) is 1.04. The standard InChI is InChI=1S/C9H14N2O4/c1-3-5-7-6-15-9(13)11(7)10-8(12)14-4-2/h3,7H,1,4-6H2,2H3,(H,10,12)/t7-/m0/s1. The Hall–Kier alpha value is -1.72.